The number of aromatic amines is 1. The highest BCUT2D eigenvalue weighted by Gasteiger charge is 2.18. The lowest BCUT2D eigenvalue weighted by molar-refractivity contribution is 0.112. The van der Waals surface area contributed by atoms with Gasteiger partial charge in [0.1, 0.15) is 0 Å². The molecule has 0 aromatic carbocycles. The molecule has 6 heteroatoms. The Kier molecular flexibility index (Phi) is 2.92. The molecule has 0 saturated heterocycles. The van der Waals surface area contributed by atoms with E-state index in [9.17, 15) is 18.4 Å². The van der Waals surface area contributed by atoms with E-state index < -0.39 is 17.4 Å². The summed E-state index contributed by atoms with van der Waals surface area (Å²) < 4.78 is 24.4. The summed E-state index contributed by atoms with van der Waals surface area (Å²) in [6.45, 7) is 0. The number of hydrogen-bond donors (Lipinski definition) is 1. The fourth-order valence-corrected chi connectivity index (χ4v) is 1.29. The van der Waals surface area contributed by atoms with E-state index >= 15 is 0 Å². The second-order valence-corrected chi connectivity index (χ2v) is 3.01. The highest BCUT2D eigenvalue weighted by atomic mass is 79.9. The van der Waals surface area contributed by atoms with E-state index in [1.165, 1.54) is 0 Å². The van der Waals surface area contributed by atoms with E-state index in [0.717, 1.165) is 6.20 Å². The predicted octanol–water partition coefficient (Wildman–Crippen LogP) is 1.89. The Hall–Kier alpha value is -1.04. The minimum atomic E-state index is -2.90. The maximum atomic E-state index is 12.2. The van der Waals surface area contributed by atoms with E-state index in [1.807, 2.05) is 0 Å². The first kappa shape index (κ1) is 10.0. The van der Waals surface area contributed by atoms with Crippen molar-refractivity contribution in [3.63, 3.8) is 0 Å². The van der Waals surface area contributed by atoms with Gasteiger partial charge in [0.2, 0.25) is 5.43 Å². The minimum Gasteiger partial charge on any atom is -0.355 e. The monoisotopic (exact) mass is 251 g/mol. The molecule has 1 aromatic heterocycles. The summed E-state index contributed by atoms with van der Waals surface area (Å²) in [5.41, 5.74) is -1.97. The van der Waals surface area contributed by atoms with Crippen molar-refractivity contribution < 1.29 is 13.6 Å². The predicted molar refractivity (Wildman–Crippen MR) is 45.1 cm³/mol. The molecule has 70 valence electrons. The number of carbonyl (C=O) groups is 1. The van der Waals surface area contributed by atoms with Gasteiger partial charge in [-0.05, 0) is 15.9 Å². The van der Waals surface area contributed by atoms with Crippen LogP contribution in [0.15, 0.2) is 15.6 Å². The lowest BCUT2D eigenvalue weighted by Gasteiger charge is -2.01. The number of rotatable bonds is 2. The zero-order valence-corrected chi connectivity index (χ0v) is 7.77. The fourth-order valence-electron chi connectivity index (χ4n) is 0.822. The Morgan fingerprint density at radius 2 is 2.15 bits per heavy atom. The molecule has 0 spiro atoms. The highest BCUT2D eigenvalue weighted by molar-refractivity contribution is 9.10. The lowest BCUT2D eigenvalue weighted by Crippen LogP contribution is -2.15. The van der Waals surface area contributed by atoms with E-state index in [2.05, 4.69) is 20.9 Å². The summed E-state index contributed by atoms with van der Waals surface area (Å²) >= 11 is 2.76. The Morgan fingerprint density at radius 1 is 1.54 bits per heavy atom. The molecule has 0 fully saturated rings. The van der Waals surface area contributed by atoms with Crippen LogP contribution in [0.5, 0.6) is 0 Å². The molecule has 0 saturated carbocycles. The van der Waals surface area contributed by atoms with Gasteiger partial charge in [0.25, 0.3) is 6.43 Å². The van der Waals surface area contributed by atoms with Crippen LogP contribution in [0, 0.1) is 0 Å². The topological polar surface area (TPSA) is 49.9 Å². The average molecular weight is 252 g/mol. The van der Waals surface area contributed by atoms with Crippen LogP contribution < -0.4 is 5.43 Å². The standard InChI is InChI=1S/C7H4BrF2NO2/c8-6-4(7(9)10)5(13)3(2-12)1-11-6/h1-2,7H,(H,11,13). The summed E-state index contributed by atoms with van der Waals surface area (Å²) in [6.07, 6.45) is -1.60. The van der Waals surface area contributed by atoms with Gasteiger partial charge >= 0.3 is 0 Å². The van der Waals surface area contributed by atoms with Crippen LogP contribution in [0.2, 0.25) is 0 Å². The minimum absolute atomic E-state index is 0.0990. The highest BCUT2D eigenvalue weighted by Crippen LogP contribution is 2.21. The van der Waals surface area contributed by atoms with Gasteiger partial charge in [0.05, 0.1) is 15.7 Å². The maximum Gasteiger partial charge on any atom is 0.270 e. The molecule has 1 heterocycles. The summed E-state index contributed by atoms with van der Waals surface area (Å²) in [4.78, 5) is 23.7. The lowest BCUT2D eigenvalue weighted by atomic mass is 10.2. The first-order valence-corrected chi connectivity index (χ1v) is 4.01. The second kappa shape index (κ2) is 3.78. The van der Waals surface area contributed by atoms with Crippen LogP contribution in [0.4, 0.5) is 8.78 Å². The van der Waals surface area contributed by atoms with Crippen molar-refractivity contribution in [3.8, 4) is 0 Å². The number of carbonyl (C=O) groups excluding carboxylic acids is 1. The molecule has 0 aliphatic carbocycles. The van der Waals surface area contributed by atoms with Crippen molar-refractivity contribution in [2.24, 2.45) is 0 Å². The quantitative estimate of drug-likeness (QED) is 0.645. The molecule has 0 bridgehead atoms. The molecule has 0 amide bonds. The van der Waals surface area contributed by atoms with E-state index in [0.29, 0.717) is 0 Å². The first-order valence-electron chi connectivity index (χ1n) is 3.22. The SMILES string of the molecule is O=Cc1c[nH]c(Br)c(C(F)F)c1=O. The van der Waals surface area contributed by atoms with Crippen LogP contribution in [-0.2, 0) is 0 Å². The van der Waals surface area contributed by atoms with Gasteiger partial charge in [0.15, 0.2) is 6.29 Å². The number of alkyl halides is 2. The molecular formula is C7H4BrF2NO2. The molecule has 1 rings (SSSR count). The first-order chi connectivity index (χ1) is 6.07. The van der Waals surface area contributed by atoms with Crippen molar-refractivity contribution in [1.29, 1.82) is 0 Å². The van der Waals surface area contributed by atoms with Crippen molar-refractivity contribution in [2.45, 2.75) is 6.43 Å². The Morgan fingerprint density at radius 3 is 2.62 bits per heavy atom. The van der Waals surface area contributed by atoms with Gasteiger partial charge < -0.3 is 4.98 Å². The molecule has 0 aliphatic rings. The smallest absolute Gasteiger partial charge is 0.270 e. The van der Waals surface area contributed by atoms with Gasteiger partial charge in [-0.15, -0.1) is 0 Å². The zero-order valence-electron chi connectivity index (χ0n) is 6.18. The summed E-state index contributed by atoms with van der Waals surface area (Å²) in [5, 5.41) is 0. The largest absolute Gasteiger partial charge is 0.355 e. The van der Waals surface area contributed by atoms with E-state index in [-0.39, 0.29) is 16.5 Å². The second-order valence-electron chi connectivity index (χ2n) is 2.22. The number of aldehydes is 1. The Labute approximate surface area is 79.9 Å². The molecule has 1 N–H and O–H groups in total. The van der Waals surface area contributed by atoms with Crippen LogP contribution in [0.25, 0.3) is 0 Å². The number of halogens is 3. The summed E-state index contributed by atoms with van der Waals surface area (Å²) in [5.74, 6) is 0. The van der Waals surface area contributed by atoms with E-state index in [1.54, 1.807) is 0 Å². The van der Waals surface area contributed by atoms with Crippen molar-refractivity contribution in [1.82, 2.24) is 4.98 Å². The van der Waals surface area contributed by atoms with Gasteiger partial charge in [-0.3, -0.25) is 9.59 Å². The van der Waals surface area contributed by atoms with Crippen molar-refractivity contribution in [2.75, 3.05) is 0 Å². The summed E-state index contributed by atoms with van der Waals surface area (Å²) in [6, 6.07) is 0. The van der Waals surface area contributed by atoms with Gasteiger partial charge in [-0.2, -0.15) is 0 Å². The van der Waals surface area contributed by atoms with Crippen molar-refractivity contribution in [3.05, 3.63) is 32.2 Å². The molecule has 0 radical (unpaired) electrons. The van der Waals surface area contributed by atoms with Crippen LogP contribution >= 0.6 is 15.9 Å². The van der Waals surface area contributed by atoms with Crippen molar-refractivity contribution >= 4 is 22.2 Å². The number of nitrogens with one attached hydrogen (secondary N) is 1. The number of H-pyrrole nitrogens is 1. The average Bonchev–Trinajstić information content (AvgIpc) is 2.04. The fraction of sp³-hybridized carbons (Fsp3) is 0.143. The molecule has 3 nitrogen and oxygen atoms in total. The number of hydrogen-bond acceptors (Lipinski definition) is 2. The van der Waals surface area contributed by atoms with Crippen LogP contribution in [0.1, 0.15) is 22.3 Å². The molecular weight excluding hydrogens is 248 g/mol. The zero-order chi connectivity index (χ0) is 10.0. The number of aromatic nitrogens is 1. The molecule has 0 unspecified atom stereocenters. The number of pyridine rings is 1. The van der Waals surface area contributed by atoms with Gasteiger partial charge in [-0.25, -0.2) is 8.78 Å². The maximum absolute atomic E-state index is 12.2. The van der Waals surface area contributed by atoms with Gasteiger partial charge in [0, 0.05) is 6.20 Å². The molecule has 0 atom stereocenters. The Bertz CT molecular complexity index is 389. The normalized spacial score (nSPS) is 10.5. The van der Waals surface area contributed by atoms with Gasteiger partial charge in [-0.1, -0.05) is 0 Å². The van der Waals surface area contributed by atoms with Crippen LogP contribution in [-0.4, -0.2) is 11.3 Å². The Balaban J connectivity index is 3.48. The van der Waals surface area contributed by atoms with E-state index in [4.69, 9.17) is 0 Å². The summed E-state index contributed by atoms with van der Waals surface area (Å²) in [7, 11) is 0. The molecule has 1 aromatic rings. The molecule has 13 heavy (non-hydrogen) atoms. The molecule has 0 aliphatic heterocycles. The third kappa shape index (κ3) is 1.82. The van der Waals surface area contributed by atoms with Crippen LogP contribution in [0.3, 0.4) is 0 Å². The third-order valence-electron chi connectivity index (χ3n) is 1.44. The third-order valence-corrected chi connectivity index (χ3v) is 2.10.